The van der Waals surface area contributed by atoms with E-state index in [1.54, 1.807) is 36.4 Å². The van der Waals surface area contributed by atoms with Gasteiger partial charge in [-0.25, -0.2) is 0 Å². The molecule has 7 heteroatoms. The first-order chi connectivity index (χ1) is 14.9. The summed E-state index contributed by atoms with van der Waals surface area (Å²) in [5, 5.41) is 7.73. The highest BCUT2D eigenvalue weighted by Crippen LogP contribution is 2.57. The van der Waals surface area contributed by atoms with Gasteiger partial charge in [0.1, 0.15) is 5.41 Å². The monoisotopic (exact) mass is 470 g/mol. The van der Waals surface area contributed by atoms with E-state index >= 15 is 0 Å². The topological polar surface area (TPSA) is 58.2 Å². The van der Waals surface area contributed by atoms with Gasteiger partial charge in [0.25, 0.3) is 0 Å². The molecular formula is C24H17Cl3N2O2. The van der Waals surface area contributed by atoms with Crippen molar-refractivity contribution in [3.8, 4) is 0 Å². The molecule has 2 aliphatic heterocycles. The average Bonchev–Trinajstić information content (AvgIpc) is 3.01. The van der Waals surface area contributed by atoms with Gasteiger partial charge < -0.3 is 10.6 Å². The number of benzene rings is 3. The van der Waals surface area contributed by atoms with Crippen molar-refractivity contribution in [1.82, 2.24) is 5.32 Å². The molecule has 4 nitrogen and oxygen atoms in total. The first-order valence-electron chi connectivity index (χ1n) is 9.81. The lowest BCUT2D eigenvalue weighted by Gasteiger charge is -2.46. The van der Waals surface area contributed by atoms with Gasteiger partial charge in [0.2, 0.25) is 11.8 Å². The van der Waals surface area contributed by atoms with Gasteiger partial charge in [-0.15, -0.1) is 0 Å². The van der Waals surface area contributed by atoms with Crippen LogP contribution in [0.15, 0.2) is 66.7 Å². The Labute approximate surface area is 194 Å². The quantitative estimate of drug-likeness (QED) is 0.490. The molecule has 3 aromatic carbocycles. The minimum Gasteiger partial charge on any atom is -0.348 e. The Morgan fingerprint density at radius 1 is 0.806 bits per heavy atom. The van der Waals surface area contributed by atoms with Crippen LogP contribution in [0.1, 0.15) is 35.1 Å². The molecule has 156 valence electrons. The minimum absolute atomic E-state index is 0.134. The number of hydrogen-bond acceptors (Lipinski definition) is 2. The molecule has 2 aliphatic rings. The lowest BCUT2D eigenvalue weighted by Crippen LogP contribution is -2.56. The fourth-order valence-electron chi connectivity index (χ4n) is 4.95. The van der Waals surface area contributed by atoms with Crippen LogP contribution in [0.5, 0.6) is 0 Å². The molecule has 1 spiro atoms. The zero-order valence-electron chi connectivity index (χ0n) is 16.2. The second kappa shape index (κ2) is 7.56. The molecule has 3 aromatic rings. The molecule has 3 atom stereocenters. The highest BCUT2D eigenvalue weighted by molar-refractivity contribution is 6.31. The summed E-state index contributed by atoms with van der Waals surface area (Å²) in [6.07, 6.45) is 0.161. The summed E-state index contributed by atoms with van der Waals surface area (Å²) >= 11 is 18.6. The minimum atomic E-state index is -1.08. The van der Waals surface area contributed by atoms with Gasteiger partial charge in [-0.05, 0) is 53.1 Å². The Morgan fingerprint density at radius 3 is 2.26 bits per heavy atom. The molecule has 0 bridgehead atoms. The highest BCUT2D eigenvalue weighted by Gasteiger charge is 2.61. The summed E-state index contributed by atoms with van der Waals surface area (Å²) in [5.41, 5.74) is 2.00. The second-order valence-corrected chi connectivity index (χ2v) is 9.19. The maximum atomic E-state index is 13.8. The predicted molar refractivity (Wildman–Crippen MR) is 123 cm³/mol. The number of piperidine rings is 1. The third-order valence-electron chi connectivity index (χ3n) is 6.21. The van der Waals surface area contributed by atoms with Crippen molar-refractivity contribution in [2.24, 2.45) is 0 Å². The largest absolute Gasteiger partial charge is 0.348 e. The lowest BCUT2D eigenvalue weighted by atomic mass is 9.59. The second-order valence-electron chi connectivity index (χ2n) is 7.88. The van der Waals surface area contributed by atoms with Crippen LogP contribution in [0.3, 0.4) is 0 Å². The van der Waals surface area contributed by atoms with Crippen LogP contribution in [0.4, 0.5) is 5.69 Å². The SMILES string of the molecule is O=C1CC(c2ccc(Cl)cc2)C2(C(=O)Nc3cc(Cl)ccc32)C(c2cccc(Cl)c2)N1. The van der Waals surface area contributed by atoms with E-state index in [2.05, 4.69) is 10.6 Å². The summed E-state index contributed by atoms with van der Waals surface area (Å²) < 4.78 is 0. The Balaban J connectivity index is 1.80. The van der Waals surface area contributed by atoms with Crippen LogP contribution in [0.25, 0.3) is 0 Å². The maximum Gasteiger partial charge on any atom is 0.238 e. The van der Waals surface area contributed by atoms with E-state index in [0.717, 1.165) is 16.7 Å². The van der Waals surface area contributed by atoms with Crippen molar-refractivity contribution >= 4 is 52.3 Å². The number of hydrogen-bond donors (Lipinski definition) is 2. The van der Waals surface area contributed by atoms with Gasteiger partial charge in [-0.1, -0.05) is 65.1 Å². The summed E-state index contributed by atoms with van der Waals surface area (Å²) in [6.45, 7) is 0. The Hall–Kier alpha value is -2.53. The van der Waals surface area contributed by atoms with E-state index in [1.807, 2.05) is 30.3 Å². The zero-order chi connectivity index (χ0) is 21.8. The average molecular weight is 472 g/mol. The van der Waals surface area contributed by atoms with Gasteiger partial charge in [0.05, 0.1) is 6.04 Å². The van der Waals surface area contributed by atoms with E-state index in [9.17, 15) is 9.59 Å². The molecule has 2 amide bonds. The van der Waals surface area contributed by atoms with Crippen molar-refractivity contribution in [3.63, 3.8) is 0 Å². The van der Waals surface area contributed by atoms with Gasteiger partial charge in [0, 0.05) is 33.1 Å². The Kier molecular flexibility index (Phi) is 4.97. The van der Waals surface area contributed by atoms with Crippen molar-refractivity contribution in [2.75, 3.05) is 5.32 Å². The fraction of sp³-hybridized carbons (Fsp3) is 0.167. The zero-order valence-corrected chi connectivity index (χ0v) is 18.4. The smallest absolute Gasteiger partial charge is 0.238 e. The Bertz CT molecular complexity index is 1210. The van der Waals surface area contributed by atoms with Gasteiger partial charge in [-0.3, -0.25) is 9.59 Å². The molecule has 1 fully saturated rings. The van der Waals surface area contributed by atoms with Crippen molar-refractivity contribution < 1.29 is 9.59 Å². The molecule has 2 heterocycles. The van der Waals surface area contributed by atoms with E-state index in [1.165, 1.54) is 0 Å². The van der Waals surface area contributed by atoms with Crippen molar-refractivity contribution in [2.45, 2.75) is 23.8 Å². The lowest BCUT2D eigenvalue weighted by molar-refractivity contribution is -0.131. The normalized spacial score (nSPS) is 24.6. The molecule has 0 saturated carbocycles. The summed E-state index contributed by atoms with van der Waals surface area (Å²) in [4.78, 5) is 26.7. The number of amides is 2. The number of fused-ring (bicyclic) bond motifs is 2. The molecule has 0 aliphatic carbocycles. The van der Waals surface area contributed by atoms with Gasteiger partial charge in [-0.2, -0.15) is 0 Å². The number of anilines is 1. The van der Waals surface area contributed by atoms with Gasteiger partial charge >= 0.3 is 0 Å². The molecule has 31 heavy (non-hydrogen) atoms. The summed E-state index contributed by atoms with van der Waals surface area (Å²) in [7, 11) is 0. The van der Waals surface area contributed by atoms with Crippen LogP contribution in [0.2, 0.25) is 15.1 Å². The van der Waals surface area contributed by atoms with E-state index in [0.29, 0.717) is 20.8 Å². The predicted octanol–water partition coefficient (Wildman–Crippen LogP) is 5.88. The van der Waals surface area contributed by atoms with E-state index < -0.39 is 17.4 Å². The summed E-state index contributed by atoms with van der Waals surface area (Å²) in [5.74, 6) is -0.731. The third-order valence-corrected chi connectivity index (χ3v) is 6.93. The molecule has 0 radical (unpaired) electrons. The number of carbonyl (C=O) groups excluding carboxylic acids is 2. The third kappa shape index (κ3) is 3.21. The standard InChI is InChI=1S/C24H17Cl3N2O2/c25-15-6-4-13(5-7-15)19-12-21(30)29-22(14-2-1-3-16(26)10-14)24(19)18-9-8-17(27)11-20(18)28-23(24)31/h1-11,19,22H,12H2,(H,28,31)(H,29,30). The first-order valence-corrected chi connectivity index (χ1v) is 10.9. The van der Waals surface area contributed by atoms with Crippen LogP contribution in [-0.2, 0) is 15.0 Å². The highest BCUT2D eigenvalue weighted by atomic mass is 35.5. The number of halogens is 3. The molecule has 3 unspecified atom stereocenters. The van der Waals surface area contributed by atoms with Crippen LogP contribution in [-0.4, -0.2) is 11.8 Å². The molecule has 0 aromatic heterocycles. The van der Waals surface area contributed by atoms with E-state index in [-0.39, 0.29) is 18.2 Å². The van der Waals surface area contributed by atoms with Crippen LogP contribution >= 0.6 is 34.8 Å². The van der Waals surface area contributed by atoms with Crippen LogP contribution in [0, 0.1) is 0 Å². The van der Waals surface area contributed by atoms with Crippen molar-refractivity contribution in [3.05, 3.63) is 98.5 Å². The van der Waals surface area contributed by atoms with Gasteiger partial charge in [0.15, 0.2) is 0 Å². The summed E-state index contributed by atoms with van der Waals surface area (Å²) in [6, 6.07) is 19.3. The number of nitrogens with one attached hydrogen (secondary N) is 2. The van der Waals surface area contributed by atoms with Crippen molar-refractivity contribution in [1.29, 1.82) is 0 Å². The maximum absolute atomic E-state index is 13.8. The van der Waals surface area contributed by atoms with Crippen LogP contribution < -0.4 is 10.6 Å². The Morgan fingerprint density at radius 2 is 1.52 bits per heavy atom. The molecule has 1 saturated heterocycles. The molecule has 2 N–H and O–H groups in total. The first kappa shape index (κ1) is 20.4. The fourth-order valence-corrected chi connectivity index (χ4v) is 5.45. The molecule has 5 rings (SSSR count). The van der Waals surface area contributed by atoms with E-state index in [4.69, 9.17) is 34.8 Å². The number of carbonyl (C=O) groups is 2. The molecular weight excluding hydrogens is 455 g/mol. The number of rotatable bonds is 2.